The average Bonchev–Trinajstić information content (AvgIpc) is 3.29. The average molecular weight is 522 g/mol. The van der Waals surface area contributed by atoms with E-state index in [0.29, 0.717) is 27.9 Å². The number of amides is 1. The molecule has 1 aromatic carbocycles. The predicted molar refractivity (Wildman–Crippen MR) is 117 cm³/mol. The molecular formula is C17H20ClN5O10S. The minimum absolute atomic E-state index is 0.134. The summed E-state index contributed by atoms with van der Waals surface area (Å²) in [5.74, 6) is -0.671. The number of nitrogens with one attached hydrogen (secondary N) is 2. The predicted octanol–water partition coefficient (Wildman–Crippen LogP) is 2.03. The topological polar surface area (TPSA) is 222 Å². The summed E-state index contributed by atoms with van der Waals surface area (Å²) in [4.78, 5) is 47.3. The second-order valence-electron chi connectivity index (χ2n) is 5.95. The lowest BCUT2D eigenvalue weighted by Gasteiger charge is -2.13. The Morgan fingerprint density at radius 3 is 2.59 bits per heavy atom. The first-order chi connectivity index (χ1) is 16.1. The minimum atomic E-state index is -1.50. The van der Waals surface area contributed by atoms with Crippen molar-refractivity contribution in [3.05, 3.63) is 67.1 Å². The molecule has 0 aliphatic heterocycles. The Bertz CT molecular complexity index is 972. The third kappa shape index (κ3) is 11.2. The summed E-state index contributed by atoms with van der Waals surface area (Å²) in [5, 5.41) is 34.2. The van der Waals surface area contributed by atoms with Crippen LogP contribution >= 0.6 is 23.5 Å². The van der Waals surface area contributed by atoms with Gasteiger partial charge in [0.15, 0.2) is 6.61 Å². The lowest BCUT2D eigenvalue weighted by molar-refractivity contribution is -0.757. The Kier molecular flexibility index (Phi) is 12.6. The number of halogens is 1. The van der Waals surface area contributed by atoms with Crippen LogP contribution in [0.15, 0.2) is 39.8 Å². The smallest absolute Gasteiger partial charge is 0.340 e. The number of carbonyl (C=O) groups is 2. The summed E-state index contributed by atoms with van der Waals surface area (Å²) in [7, 11) is 0. The molecule has 0 aliphatic carbocycles. The molecule has 0 unspecified atom stereocenters. The normalized spacial score (nSPS) is 9.82. The van der Waals surface area contributed by atoms with Crippen molar-refractivity contribution in [2.45, 2.75) is 17.9 Å². The molecule has 5 N–H and O–H groups in total. The summed E-state index contributed by atoms with van der Waals surface area (Å²) in [6, 6.07) is 6.49. The molecule has 1 aromatic heterocycles. The van der Waals surface area contributed by atoms with Gasteiger partial charge in [0.25, 0.3) is 16.1 Å². The highest BCUT2D eigenvalue weighted by Gasteiger charge is 2.18. The van der Waals surface area contributed by atoms with Gasteiger partial charge in [-0.2, -0.15) is 0 Å². The van der Waals surface area contributed by atoms with Crippen molar-refractivity contribution in [3.8, 4) is 0 Å². The van der Waals surface area contributed by atoms with Crippen LogP contribution in [0.25, 0.3) is 0 Å². The van der Waals surface area contributed by atoms with E-state index in [1.165, 1.54) is 18.4 Å². The van der Waals surface area contributed by atoms with Crippen LogP contribution in [-0.2, 0) is 20.9 Å². The standard InChI is InChI=1S/C17H19ClN4O7S.HNO3/c18-13-8-14(21-9-11-3-1-5-27-11)12(7-15(13)30-19)17(24)28-10-16(23)20-4-2-6-29-22(25)26;2-1(3)4/h1,3,5,7-8,21H,2,4,6,9-10,19H2,(H,20,23);(H,2,3,4). The van der Waals surface area contributed by atoms with E-state index in [1.54, 1.807) is 12.1 Å². The van der Waals surface area contributed by atoms with E-state index in [4.69, 9.17) is 41.2 Å². The molecule has 0 fully saturated rings. The van der Waals surface area contributed by atoms with E-state index >= 15 is 0 Å². The first kappa shape index (κ1) is 28.3. The SMILES string of the molecule is NSc1cc(C(=O)OCC(=O)NCCCO[N+](=O)[O-])c(NCc2ccco2)cc1Cl.O=[N+]([O-])O. The minimum Gasteiger partial charge on any atom is -0.467 e. The van der Waals surface area contributed by atoms with E-state index in [-0.39, 0.29) is 25.1 Å². The molecule has 0 bridgehead atoms. The fraction of sp³-hybridized carbons (Fsp3) is 0.294. The molecule has 186 valence electrons. The number of furan rings is 1. The monoisotopic (exact) mass is 521 g/mol. The molecule has 0 spiro atoms. The van der Waals surface area contributed by atoms with Gasteiger partial charge in [-0.15, -0.1) is 20.2 Å². The number of rotatable bonds is 12. The van der Waals surface area contributed by atoms with Gasteiger partial charge >= 0.3 is 5.97 Å². The Balaban J connectivity index is 0.00000133. The summed E-state index contributed by atoms with van der Waals surface area (Å²) < 4.78 is 10.3. The van der Waals surface area contributed by atoms with Gasteiger partial charge in [0.2, 0.25) is 0 Å². The Morgan fingerprint density at radius 2 is 2.00 bits per heavy atom. The zero-order chi connectivity index (χ0) is 25.5. The highest BCUT2D eigenvalue weighted by Crippen LogP contribution is 2.31. The first-order valence-corrected chi connectivity index (χ1v) is 10.4. The van der Waals surface area contributed by atoms with Gasteiger partial charge < -0.3 is 29.8 Å². The first-order valence-electron chi connectivity index (χ1n) is 9.15. The third-order valence-corrected chi connectivity index (χ3v) is 4.64. The van der Waals surface area contributed by atoms with E-state index in [1.807, 2.05) is 0 Å². The van der Waals surface area contributed by atoms with Crippen LogP contribution in [0.1, 0.15) is 22.5 Å². The van der Waals surface area contributed by atoms with Gasteiger partial charge in [0.05, 0.1) is 35.7 Å². The fourth-order valence-corrected chi connectivity index (χ4v) is 2.91. The molecule has 2 rings (SSSR count). The zero-order valence-corrected chi connectivity index (χ0v) is 18.9. The lowest BCUT2D eigenvalue weighted by atomic mass is 10.1. The third-order valence-electron chi connectivity index (χ3n) is 3.63. The Labute approximate surface area is 200 Å². The van der Waals surface area contributed by atoms with Gasteiger partial charge in [-0.25, -0.2) is 4.79 Å². The molecule has 15 nitrogen and oxygen atoms in total. The highest BCUT2D eigenvalue weighted by atomic mass is 35.5. The van der Waals surface area contributed by atoms with Crippen LogP contribution < -0.4 is 15.8 Å². The van der Waals surface area contributed by atoms with Gasteiger partial charge in [0.1, 0.15) is 5.76 Å². The van der Waals surface area contributed by atoms with E-state index in [2.05, 4.69) is 15.5 Å². The molecule has 34 heavy (non-hydrogen) atoms. The number of nitrogens with zero attached hydrogens (tertiary/aromatic N) is 2. The van der Waals surface area contributed by atoms with Crippen molar-refractivity contribution in [3.63, 3.8) is 0 Å². The van der Waals surface area contributed by atoms with Gasteiger partial charge in [0, 0.05) is 11.4 Å². The van der Waals surface area contributed by atoms with Crippen molar-refractivity contribution in [2.24, 2.45) is 5.14 Å². The molecule has 0 saturated carbocycles. The molecule has 17 heteroatoms. The van der Waals surface area contributed by atoms with Crippen molar-refractivity contribution in [2.75, 3.05) is 25.1 Å². The van der Waals surface area contributed by atoms with Gasteiger partial charge in [-0.3, -0.25) is 9.93 Å². The molecule has 1 amide bonds. The Hall–Kier alpha value is -3.76. The zero-order valence-electron chi connectivity index (χ0n) is 17.3. The number of hydrogen-bond donors (Lipinski definition) is 4. The van der Waals surface area contributed by atoms with Crippen molar-refractivity contribution >= 4 is 41.1 Å². The number of carbonyl (C=O) groups excluding carboxylic acids is 2. The number of esters is 1. The highest BCUT2D eigenvalue weighted by molar-refractivity contribution is 7.97. The van der Waals surface area contributed by atoms with E-state index in [9.17, 15) is 19.7 Å². The lowest BCUT2D eigenvalue weighted by Crippen LogP contribution is -2.30. The van der Waals surface area contributed by atoms with Crippen LogP contribution in [0.4, 0.5) is 5.69 Å². The van der Waals surface area contributed by atoms with Crippen LogP contribution in [-0.4, -0.2) is 47.0 Å². The number of anilines is 1. The second kappa shape index (κ2) is 15.1. The summed E-state index contributed by atoms with van der Waals surface area (Å²) in [6.45, 7) is -0.247. The number of ether oxygens (including phenoxy) is 1. The van der Waals surface area contributed by atoms with E-state index in [0.717, 1.165) is 11.9 Å². The summed E-state index contributed by atoms with van der Waals surface area (Å²) >= 11 is 7.03. The molecule has 0 atom stereocenters. The Morgan fingerprint density at radius 1 is 1.29 bits per heavy atom. The molecule has 2 aromatic rings. The van der Waals surface area contributed by atoms with Crippen LogP contribution in [0.2, 0.25) is 5.02 Å². The van der Waals surface area contributed by atoms with Crippen molar-refractivity contribution < 1.29 is 39.0 Å². The van der Waals surface area contributed by atoms with Gasteiger partial charge in [-0.1, -0.05) is 11.6 Å². The number of benzene rings is 1. The maximum atomic E-state index is 12.5. The maximum Gasteiger partial charge on any atom is 0.340 e. The molecule has 0 aliphatic rings. The molecule has 1 heterocycles. The van der Waals surface area contributed by atoms with Gasteiger partial charge in [-0.05, 0) is 42.6 Å². The fourth-order valence-electron chi connectivity index (χ4n) is 2.25. The van der Waals surface area contributed by atoms with Crippen LogP contribution in [0, 0.1) is 20.2 Å². The molecular weight excluding hydrogens is 502 g/mol. The largest absolute Gasteiger partial charge is 0.467 e. The second-order valence-corrected chi connectivity index (χ2v) is 7.04. The molecule has 0 saturated heterocycles. The quantitative estimate of drug-likeness (QED) is 0.103. The summed E-state index contributed by atoms with van der Waals surface area (Å²) in [5.41, 5.74) is 0.530. The van der Waals surface area contributed by atoms with E-state index < -0.39 is 28.7 Å². The number of nitrogens with two attached hydrogens (primary N) is 1. The van der Waals surface area contributed by atoms with Crippen LogP contribution in [0.5, 0.6) is 0 Å². The summed E-state index contributed by atoms with van der Waals surface area (Å²) in [6.07, 6.45) is 1.76. The van der Waals surface area contributed by atoms with Crippen molar-refractivity contribution in [1.82, 2.24) is 5.32 Å². The molecule has 0 radical (unpaired) electrons. The maximum absolute atomic E-state index is 12.5. The van der Waals surface area contributed by atoms with Crippen molar-refractivity contribution in [1.29, 1.82) is 0 Å². The van der Waals surface area contributed by atoms with Crippen LogP contribution in [0.3, 0.4) is 0 Å². The number of hydrogen-bond acceptors (Lipinski definition) is 12.